The maximum absolute atomic E-state index is 5.58. The summed E-state index contributed by atoms with van der Waals surface area (Å²) in [6, 6.07) is 7.36. The summed E-state index contributed by atoms with van der Waals surface area (Å²) in [5.41, 5.74) is 5.29. The first-order valence-corrected chi connectivity index (χ1v) is 11.8. The highest BCUT2D eigenvalue weighted by atomic mass is 16.5. The molecule has 2 aliphatic heterocycles. The van der Waals surface area contributed by atoms with Crippen LogP contribution in [0.2, 0.25) is 0 Å². The summed E-state index contributed by atoms with van der Waals surface area (Å²) in [7, 11) is 0. The van der Waals surface area contributed by atoms with Crippen molar-refractivity contribution < 1.29 is 4.74 Å². The summed E-state index contributed by atoms with van der Waals surface area (Å²) >= 11 is 0. The number of ether oxygens (including phenoxy) is 1. The molecule has 1 spiro atoms. The molecule has 4 nitrogen and oxygen atoms in total. The van der Waals surface area contributed by atoms with Crippen LogP contribution in [0.15, 0.2) is 18.2 Å². The maximum atomic E-state index is 5.58. The Balaban J connectivity index is 1.41. The molecule has 0 atom stereocenters. The van der Waals surface area contributed by atoms with Crippen molar-refractivity contribution >= 4 is 11.4 Å². The summed E-state index contributed by atoms with van der Waals surface area (Å²) in [4.78, 5) is 5.16. The predicted octanol–water partition coefficient (Wildman–Crippen LogP) is 4.15. The van der Waals surface area contributed by atoms with Crippen LogP contribution in [0, 0.1) is 5.41 Å². The molecule has 0 aromatic heterocycles. The molecule has 1 N–H and O–H groups in total. The Morgan fingerprint density at radius 3 is 2.29 bits per heavy atom. The van der Waals surface area contributed by atoms with E-state index in [0.717, 1.165) is 58.4 Å². The molecule has 0 radical (unpaired) electrons. The summed E-state index contributed by atoms with van der Waals surface area (Å²) in [5, 5.41) is 3.52. The van der Waals surface area contributed by atoms with Crippen molar-refractivity contribution in [1.82, 2.24) is 5.32 Å². The van der Waals surface area contributed by atoms with Gasteiger partial charge in [0.2, 0.25) is 0 Å². The van der Waals surface area contributed by atoms with Gasteiger partial charge in [-0.1, -0.05) is 12.8 Å². The third kappa shape index (κ3) is 3.78. The SMILES string of the molecule is c1cc(N2CCNCC2)c(C2CCC3(CCCC3)CC2)cc1N1CCOCC1. The summed E-state index contributed by atoms with van der Waals surface area (Å²) in [6.45, 7) is 8.28. The number of nitrogens with one attached hydrogen (secondary N) is 1. The second-order valence-electron chi connectivity index (χ2n) is 9.56. The van der Waals surface area contributed by atoms with Gasteiger partial charge >= 0.3 is 0 Å². The number of rotatable bonds is 3. The average molecular weight is 384 g/mol. The van der Waals surface area contributed by atoms with Crippen LogP contribution in [-0.4, -0.2) is 52.5 Å². The van der Waals surface area contributed by atoms with Crippen LogP contribution in [0.25, 0.3) is 0 Å². The summed E-state index contributed by atoms with van der Waals surface area (Å²) < 4.78 is 5.58. The van der Waals surface area contributed by atoms with Gasteiger partial charge in [0.05, 0.1) is 13.2 Å². The summed E-state index contributed by atoms with van der Waals surface area (Å²) in [5.74, 6) is 0.747. The molecule has 1 aromatic rings. The fraction of sp³-hybridized carbons (Fsp3) is 0.750. The molecule has 0 amide bonds. The number of nitrogens with zero attached hydrogens (tertiary/aromatic N) is 2. The van der Waals surface area contributed by atoms with Crippen LogP contribution in [0.5, 0.6) is 0 Å². The molecular weight excluding hydrogens is 346 g/mol. The second kappa shape index (κ2) is 8.23. The Morgan fingerprint density at radius 2 is 1.57 bits per heavy atom. The highest BCUT2D eigenvalue weighted by molar-refractivity contribution is 5.63. The molecule has 4 fully saturated rings. The zero-order chi connectivity index (χ0) is 18.8. The minimum atomic E-state index is 0.716. The minimum Gasteiger partial charge on any atom is -0.378 e. The minimum absolute atomic E-state index is 0.716. The monoisotopic (exact) mass is 383 g/mol. The van der Waals surface area contributed by atoms with Gasteiger partial charge in [-0.15, -0.1) is 0 Å². The van der Waals surface area contributed by atoms with E-state index in [9.17, 15) is 0 Å². The Hall–Kier alpha value is -1.26. The van der Waals surface area contributed by atoms with Gasteiger partial charge in [0.1, 0.15) is 0 Å². The van der Waals surface area contributed by atoms with Crippen LogP contribution in [0.4, 0.5) is 11.4 Å². The fourth-order valence-corrected chi connectivity index (χ4v) is 6.25. The number of hydrogen-bond acceptors (Lipinski definition) is 4. The van der Waals surface area contributed by atoms with E-state index >= 15 is 0 Å². The van der Waals surface area contributed by atoms with Gasteiger partial charge in [-0.05, 0) is 73.6 Å². The molecular formula is C24H37N3O. The average Bonchev–Trinajstić information content (AvgIpc) is 3.23. The van der Waals surface area contributed by atoms with Crippen molar-refractivity contribution in [3.05, 3.63) is 23.8 Å². The van der Waals surface area contributed by atoms with E-state index in [0.29, 0.717) is 5.41 Å². The molecule has 28 heavy (non-hydrogen) atoms. The molecule has 4 aliphatic rings. The topological polar surface area (TPSA) is 27.7 Å². The van der Waals surface area contributed by atoms with E-state index in [-0.39, 0.29) is 0 Å². The molecule has 2 saturated carbocycles. The first-order valence-electron chi connectivity index (χ1n) is 11.8. The summed E-state index contributed by atoms with van der Waals surface area (Å²) in [6.07, 6.45) is 11.7. The van der Waals surface area contributed by atoms with Crippen LogP contribution in [-0.2, 0) is 4.74 Å². The number of hydrogen-bond donors (Lipinski definition) is 1. The van der Waals surface area contributed by atoms with Gasteiger partial charge in [0.25, 0.3) is 0 Å². The van der Waals surface area contributed by atoms with E-state index < -0.39 is 0 Å². The smallest absolute Gasteiger partial charge is 0.0642 e. The zero-order valence-electron chi connectivity index (χ0n) is 17.4. The molecule has 2 aliphatic carbocycles. The highest BCUT2D eigenvalue weighted by Gasteiger charge is 2.38. The lowest BCUT2D eigenvalue weighted by Crippen LogP contribution is -2.44. The van der Waals surface area contributed by atoms with Gasteiger partial charge in [-0.2, -0.15) is 0 Å². The van der Waals surface area contributed by atoms with E-state index in [1.807, 2.05) is 0 Å². The molecule has 0 bridgehead atoms. The Labute approximate surface area is 170 Å². The third-order valence-corrected chi connectivity index (χ3v) is 8.00. The quantitative estimate of drug-likeness (QED) is 0.849. The third-order valence-electron chi connectivity index (χ3n) is 8.00. The lowest BCUT2D eigenvalue weighted by Gasteiger charge is -2.40. The van der Waals surface area contributed by atoms with Crippen LogP contribution >= 0.6 is 0 Å². The normalized spacial score (nSPS) is 26.1. The molecule has 2 saturated heterocycles. The van der Waals surface area contributed by atoms with E-state index in [1.165, 1.54) is 62.7 Å². The Morgan fingerprint density at radius 1 is 0.857 bits per heavy atom. The van der Waals surface area contributed by atoms with Crippen molar-refractivity contribution in [2.45, 2.75) is 57.3 Å². The van der Waals surface area contributed by atoms with Gasteiger partial charge in [0, 0.05) is 50.6 Å². The van der Waals surface area contributed by atoms with Crippen molar-refractivity contribution in [3.8, 4) is 0 Å². The Bertz CT molecular complexity index is 648. The van der Waals surface area contributed by atoms with Crippen LogP contribution < -0.4 is 15.1 Å². The first kappa shape index (κ1) is 18.7. The van der Waals surface area contributed by atoms with E-state index in [4.69, 9.17) is 4.74 Å². The van der Waals surface area contributed by atoms with Crippen molar-refractivity contribution in [2.75, 3.05) is 62.3 Å². The van der Waals surface area contributed by atoms with E-state index in [1.54, 1.807) is 5.56 Å². The zero-order valence-corrected chi connectivity index (χ0v) is 17.4. The van der Waals surface area contributed by atoms with Crippen molar-refractivity contribution in [1.29, 1.82) is 0 Å². The Kier molecular flexibility index (Phi) is 5.51. The lowest BCUT2D eigenvalue weighted by molar-refractivity contribution is 0.122. The highest BCUT2D eigenvalue weighted by Crippen LogP contribution is 2.53. The molecule has 154 valence electrons. The molecule has 2 heterocycles. The maximum Gasteiger partial charge on any atom is 0.0642 e. The fourth-order valence-electron chi connectivity index (χ4n) is 6.25. The lowest BCUT2D eigenvalue weighted by atomic mass is 9.68. The van der Waals surface area contributed by atoms with Gasteiger partial charge < -0.3 is 19.9 Å². The van der Waals surface area contributed by atoms with Gasteiger partial charge in [0.15, 0.2) is 0 Å². The van der Waals surface area contributed by atoms with Crippen LogP contribution in [0.1, 0.15) is 62.8 Å². The number of anilines is 2. The van der Waals surface area contributed by atoms with Crippen molar-refractivity contribution in [2.24, 2.45) is 5.41 Å². The standard InChI is InChI=1S/C24H37N3O/c1-2-8-24(7-1)9-5-20(6-10-24)22-19-21(26-15-17-28-18-16-26)3-4-23(22)27-13-11-25-12-14-27/h3-4,19-20,25H,1-2,5-18H2. The molecule has 4 heteroatoms. The number of morpholine rings is 1. The van der Waals surface area contributed by atoms with Crippen LogP contribution in [0.3, 0.4) is 0 Å². The first-order chi connectivity index (χ1) is 13.8. The van der Waals surface area contributed by atoms with Gasteiger partial charge in [-0.3, -0.25) is 0 Å². The number of benzene rings is 1. The predicted molar refractivity (Wildman–Crippen MR) is 117 cm³/mol. The largest absolute Gasteiger partial charge is 0.378 e. The molecule has 1 aromatic carbocycles. The second-order valence-corrected chi connectivity index (χ2v) is 9.56. The van der Waals surface area contributed by atoms with Crippen molar-refractivity contribution in [3.63, 3.8) is 0 Å². The van der Waals surface area contributed by atoms with Gasteiger partial charge in [-0.25, -0.2) is 0 Å². The number of piperazine rings is 1. The molecule has 5 rings (SSSR count). The van der Waals surface area contributed by atoms with E-state index in [2.05, 4.69) is 33.3 Å². The molecule has 0 unspecified atom stereocenters.